The molecule has 1 N–H and O–H groups in total. The van der Waals surface area contributed by atoms with Crippen molar-refractivity contribution in [2.75, 3.05) is 6.61 Å². The van der Waals surface area contributed by atoms with Gasteiger partial charge < -0.3 is 14.3 Å². The summed E-state index contributed by atoms with van der Waals surface area (Å²) in [6.45, 7) is 3.91. The number of hydrogen-bond donors (Lipinski definition) is 1. The van der Waals surface area contributed by atoms with E-state index in [4.69, 9.17) is 4.74 Å². The van der Waals surface area contributed by atoms with Crippen molar-refractivity contribution in [1.82, 2.24) is 9.55 Å². The number of ether oxygens (including phenoxy) is 1. The van der Waals surface area contributed by atoms with Crippen LogP contribution in [0.15, 0.2) is 46.1 Å². The largest absolute Gasteiger partial charge is 0.461 e. The number of carbonyl (C=O) groups excluding carboxylic acids is 2. The predicted molar refractivity (Wildman–Crippen MR) is 112 cm³/mol. The van der Waals surface area contributed by atoms with Gasteiger partial charge in [0.25, 0.3) is 5.56 Å². The van der Waals surface area contributed by atoms with E-state index in [9.17, 15) is 14.4 Å². The van der Waals surface area contributed by atoms with Gasteiger partial charge in [-0.2, -0.15) is 0 Å². The number of nitrogens with one attached hydrogen (secondary N) is 1. The van der Waals surface area contributed by atoms with Crippen LogP contribution in [0, 0.1) is 6.92 Å². The molecule has 29 heavy (non-hydrogen) atoms. The number of nitrogens with zero attached hydrogens (tertiary/aromatic N) is 1. The van der Waals surface area contributed by atoms with Crippen LogP contribution >= 0.6 is 11.8 Å². The Balaban J connectivity index is 1.85. The van der Waals surface area contributed by atoms with E-state index in [1.54, 1.807) is 37.3 Å². The van der Waals surface area contributed by atoms with E-state index in [2.05, 4.69) is 4.98 Å². The van der Waals surface area contributed by atoms with Gasteiger partial charge in [0.1, 0.15) is 5.69 Å². The van der Waals surface area contributed by atoms with E-state index in [0.717, 1.165) is 21.7 Å². The number of rotatable bonds is 4. The predicted octanol–water partition coefficient (Wildman–Crippen LogP) is 3.70. The number of ketones is 1. The molecule has 1 aromatic carbocycles. The second-order valence-corrected chi connectivity index (χ2v) is 7.83. The Labute approximate surface area is 171 Å². The van der Waals surface area contributed by atoms with Gasteiger partial charge >= 0.3 is 5.97 Å². The Kier molecular flexibility index (Phi) is 4.92. The molecule has 3 aromatic rings. The SMILES string of the molecule is CCOC(=O)c1c(C)c2c(n1C)CSc1cc(C(=O)c3ccccc3)c(=O)[nH]c1-2. The van der Waals surface area contributed by atoms with Crippen LogP contribution in [-0.2, 0) is 17.5 Å². The van der Waals surface area contributed by atoms with Crippen LogP contribution in [0.25, 0.3) is 11.3 Å². The minimum Gasteiger partial charge on any atom is -0.461 e. The van der Waals surface area contributed by atoms with Crippen LogP contribution in [-0.4, -0.2) is 27.9 Å². The van der Waals surface area contributed by atoms with Crippen LogP contribution in [0.5, 0.6) is 0 Å². The van der Waals surface area contributed by atoms with Crippen molar-refractivity contribution in [2.45, 2.75) is 24.5 Å². The van der Waals surface area contributed by atoms with Crippen LogP contribution in [0.4, 0.5) is 0 Å². The first-order valence-corrected chi connectivity index (χ1v) is 10.3. The molecule has 2 aromatic heterocycles. The average molecular weight is 408 g/mol. The van der Waals surface area contributed by atoms with E-state index < -0.39 is 5.56 Å². The molecule has 0 spiro atoms. The van der Waals surface area contributed by atoms with Crippen LogP contribution in [0.1, 0.15) is 44.6 Å². The molecule has 0 radical (unpaired) electrons. The molecule has 0 fully saturated rings. The van der Waals surface area contributed by atoms with Gasteiger partial charge in [-0.15, -0.1) is 11.8 Å². The van der Waals surface area contributed by atoms with Gasteiger partial charge in [-0.25, -0.2) is 4.79 Å². The zero-order chi connectivity index (χ0) is 20.7. The van der Waals surface area contributed by atoms with Gasteiger partial charge in [0.05, 0.1) is 17.9 Å². The number of aromatic nitrogens is 2. The Morgan fingerprint density at radius 2 is 1.97 bits per heavy atom. The lowest BCUT2D eigenvalue weighted by Crippen LogP contribution is -2.20. The number of benzene rings is 1. The first-order valence-electron chi connectivity index (χ1n) is 9.29. The summed E-state index contributed by atoms with van der Waals surface area (Å²) < 4.78 is 7.03. The van der Waals surface area contributed by atoms with Gasteiger partial charge in [-0.05, 0) is 25.5 Å². The summed E-state index contributed by atoms with van der Waals surface area (Å²) in [5.41, 5.74) is 3.82. The van der Waals surface area contributed by atoms with E-state index >= 15 is 0 Å². The molecule has 148 valence electrons. The topological polar surface area (TPSA) is 81.2 Å². The number of carbonyl (C=O) groups is 2. The van der Waals surface area contributed by atoms with Crippen molar-refractivity contribution in [3.8, 4) is 11.3 Å². The summed E-state index contributed by atoms with van der Waals surface area (Å²) in [5, 5.41) is 0. The standard InChI is InChI=1S/C22H20N2O4S/c1-4-28-22(27)19-12(2)17-15(24(19)3)11-29-16-10-14(21(26)23-18(16)17)20(25)13-8-6-5-7-9-13/h5-10H,4,11H2,1-3H3,(H,23,26). The lowest BCUT2D eigenvalue weighted by atomic mass is 10.0. The van der Waals surface area contributed by atoms with Crippen LogP contribution < -0.4 is 5.56 Å². The summed E-state index contributed by atoms with van der Waals surface area (Å²) >= 11 is 1.53. The van der Waals surface area contributed by atoms with Gasteiger partial charge in [-0.3, -0.25) is 9.59 Å². The quantitative estimate of drug-likeness (QED) is 0.526. The van der Waals surface area contributed by atoms with Gasteiger partial charge in [0, 0.05) is 34.5 Å². The second-order valence-electron chi connectivity index (χ2n) is 6.81. The molecule has 6 nitrogen and oxygen atoms in total. The number of hydrogen-bond acceptors (Lipinski definition) is 5. The maximum absolute atomic E-state index is 12.8. The molecule has 0 bridgehead atoms. The second kappa shape index (κ2) is 7.40. The third-order valence-corrected chi connectivity index (χ3v) is 6.18. The third kappa shape index (κ3) is 3.11. The fourth-order valence-electron chi connectivity index (χ4n) is 3.75. The van der Waals surface area contributed by atoms with Gasteiger partial charge in [0.2, 0.25) is 0 Å². The highest BCUT2D eigenvalue weighted by molar-refractivity contribution is 7.98. The monoisotopic (exact) mass is 408 g/mol. The van der Waals surface area contributed by atoms with Crippen molar-refractivity contribution in [3.63, 3.8) is 0 Å². The lowest BCUT2D eigenvalue weighted by molar-refractivity contribution is 0.0514. The van der Waals surface area contributed by atoms with Gasteiger partial charge in [-0.1, -0.05) is 30.3 Å². The summed E-state index contributed by atoms with van der Waals surface area (Å²) in [5.74, 6) is -0.0610. The minimum absolute atomic E-state index is 0.116. The Hall–Kier alpha value is -3.06. The first kappa shape index (κ1) is 19.3. The number of esters is 1. The first-order chi connectivity index (χ1) is 13.9. The van der Waals surface area contributed by atoms with Crippen molar-refractivity contribution in [2.24, 2.45) is 7.05 Å². The highest BCUT2D eigenvalue weighted by Gasteiger charge is 2.30. The molecule has 1 aliphatic rings. The van der Waals surface area contributed by atoms with Crippen LogP contribution in [0.3, 0.4) is 0 Å². The molecule has 7 heteroatoms. The molecule has 4 rings (SSSR count). The van der Waals surface area contributed by atoms with Crippen molar-refractivity contribution in [1.29, 1.82) is 0 Å². The molecule has 0 atom stereocenters. The fraction of sp³-hybridized carbons (Fsp3) is 0.227. The normalized spacial score (nSPS) is 12.2. The van der Waals surface area contributed by atoms with E-state index in [1.165, 1.54) is 11.8 Å². The minimum atomic E-state index is -0.438. The fourth-order valence-corrected chi connectivity index (χ4v) is 4.88. The molecule has 0 aliphatic carbocycles. The lowest BCUT2D eigenvalue weighted by Gasteiger charge is -2.18. The molecule has 0 saturated heterocycles. The highest BCUT2D eigenvalue weighted by atomic mass is 32.2. The molecular weight excluding hydrogens is 388 g/mol. The molecule has 3 heterocycles. The average Bonchev–Trinajstić information content (AvgIpc) is 2.98. The zero-order valence-corrected chi connectivity index (χ0v) is 17.2. The van der Waals surface area contributed by atoms with E-state index in [-0.39, 0.29) is 17.3 Å². The smallest absolute Gasteiger partial charge is 0.355 e. The van der Waals surface area contributed by atoms with E-state index in [0.29, 0.717) is 29.3 Å². The summed E-state index contributed by atoms with van der Waals surface area (Å²) in [7, 11) is 1.83. The molecule has 0 amide bonds. The molecule has 1 aliphatic heterocycles. The van der Waals surface area contributed by atoms with Gasteiger partial charge in [0.15, 0.2) is 5.78 Å². The van der Waals surface area contributed by atoms with E-state index in [1.807, 2.05) is 24.6 Å². The number of H-pyrrole nitrogens is 1. The Morgan fingerprint density at radius 3 is 2.66 bits per heavy atom. The maximum Gasteiger partial charge on any atom is 0.355 e. The van der Waals surface area contributed by atoms with Crippen LogP contribution in [0.2, 0.25) is 0 Å². The number of pyridine rings is 1. The Bertz CT molecular complexity index is 1190. The number of aromatic amines is 1. The maximum atomic E-state index is 12.8. The highest BCUT2D eigenvalue weighted by Crippen LogP contribution is 2.43. The van der Waals surface area contributed by atoms with Crippen molar-refractivity contribution >= 4 is 23.5 Å². The molecule has 0 saturated carbocycles. The zero-order valence-electron chi connectivity index (χ0n) is 16.4. The number of thioether (sulfide) groups is 1. The molecular formula is C22H20N2O4S. The Morgan fingerprint density at radius 1 is 1.24 bits per heavy atom. The van der Waals surface area contributed by atoms with Crippen molar-refractivity contribution < 1.29 is 14.3 Å². The van der Waals surface area contributed by atoms with Crippen molar-refractivity contribution in [3.05, 3.63) is 74.8 Å². The summed E-state index contributed by atoms with van der Waals surface area (Å²) in [6, 6.07) is 10.4. The number of fused-ring (bicyclic) bond motifs is 3. The molecule has 0 unspecified atom stereocenters. The summed E-state index contributed by atoms with van der Waals surface area (Å²) in [6.07, 6.45) is 0. The third-order valence-electron chi connectivity index (χ3n) is 5.13. The summed E-state index contributed by atoms with van der Waals surface area (Å²) in [4.78, 5) is 41.7.